The Balaban J connectivity index is 2.52. The van der Waals surface area contributed by atoms with Gasteiger partial charge in [0.1, 0.15) is 11.6 Å². The number of Topliss-reactive ketones (excluding diaryl/α,β-unsaturated/α-hetero) is 1. The Bertz CT molecular complexity index is 623. The highest BCUT2D eigenvalue weighted by atomic mass is 79.9. The minimum Gasteiger partial charge on any atom is -0.294 e. The molecule has 0 saturated heterocycles. The first-order valence-electron chi connectivity index (χ1n) is 5.25. The highest BCUT2D eigenvalue weighted by Gasteiger charge is 2.11. The molecule has 0 bridgehead atoms. The fourth-order valence-corrected chi connectivity index (χ4v) is 2.02. The van der Waals surface area contributed by atoms with Gasteiger partial charge in [0.25, 0.3) is 0 Å². The summed E-state index contributed by atoms with van der Waals surface area (Å²) in [6, 6.07) is 8.62. The van der Waals surface area contributed by atoms with Gasteiger partial charge in [-0.1, -0.05) is 28.1 Å². The third kappa shape index (κ3) is 2.48. The molecule has 1 nitrogen and oxygen atoms in total. The number of hydrogen-bond acceptors (Lipinski definition) is 1. The van der Waals surface area contributed by atoms with Crippen LogP contribution in [-0.2, 0) is 0 Å². The fourth-order valence-electron chi connectivity index (χ4n) is 1.69. The van der Waals surface area contributed by atoms with E-state index in [0.29, 0.717) is 15.6 Å². The summed E-state index contributed by atoms with van der Waals surface area (Å²) in [5, 5.41) is 0. The van der Waals surface area contributed by atoms with Crippen molar-refractivity contribution in [1.82, 2.24) is 0 Å². The summed E-state index contributed by atoms with van der Waals surface area (Å²) in [4.78, 5) is 11.1. The summed E-state index contributed by atoms with van der Waals surface area (Å²) in [7, 11) is 0. The lowest BCUT2D eigenvalue weighted by Gasteiger charge is -2.06. The number of halogens is 3. The van der Waals surface area contributed by atoms with Gasteiger partial charge in [-0.15, -0.1) is 0 Å². The molecule has 0 aliphatic heterocycles. The Labute approximate surface area is 112 Å². The number of ketones is 1. The van der Waals surface area contributed by atoms with E-state index < -0.39 is 11.6 Å². The summed E-state index contributed by atoms with van der Waals surface area (Å²) in [5.74, 6) is -1.43. The number of carbonyl (C=O) groups excluding carboxylic acids is 1. The van der Waals surface area contributed by atoms with Gasteiger partial charge in [0.2, 0.25) is 0 Å². The second-order valence-electron chi connectivity index (χ2n) is 3.87. The zero-order valence-corrected chi connectivity index (χ0v) is 11.1. The molecular formula is C14H9BrF2O. The van der Waals surface area contributed by atoms with Crippen LogP contribution in [0.3, 0.4) is 0 Å². The molecular weight excluding hydrogens is 302 g/mol. The highest BCUT2D eigenvalue weighted by molar-refractivity contribution is 9.10. The normalized spacial score (nSPS) is 10.4. The van der Waals surface area contributed by atoms with Crippen molar-refractivity contribution in [3.63, 3.8) is 0 Å². The predicted molar refractivity (Wildman–Crippen MR) is 69.5 cm³/mol. The molecule has 0 fully saturated rings. The first-order chi connectivity index (χ1) is 8.49. The van der Waals surface area contributed by atoms with Crippen LogP contribution in [0.4, 0.5) is 8.78 Å². The zero-order valence-electron chi connectivity index (χ0n) is 9.51. The lowest BCUT2D eigenvalue weighted by atomic mass is 10.0. The Morgan fingerprint density at radius 2 is 1.78 bits per heavy atom. The molecule has 0 aromatic heterocycles. The molecule has 0 heterocycles. The number of carbonyl (C=O) groups is 1. The van der Waals surface area contributed by atoms with Crippen LogP contribution in [0.25, 0.3) is 11.1 Å². The number of benzene rings is 2. The zero-order chi connectivity index (χ0) is 13.3. The van der Waals surface area contributed by atoms with E-state index in [2.05, 4.69) is 15.9 Å². The van der Waals surface area contributed by atoms with Crippen molar-refractivity contribution in [1.29, 1.82) is 0 Å². The van der Waals surface area contributed by atoms with Gasteiger partial charge in [0.15, 0.2) is 5.78 Å². The molecule has 18 heavy (non-hydrogen) atoms. The van der Waals surface area contributed by atoms with E-state index in [0.717, 1.165) is 0 Å². The lowest BCUT2D eigenvalue weighted by molar-refractivity contribution is 0.101. The van der Waals surface area contributed by atoms with E-state index in [1.165, 1.54) is 31.2 Å². The third-order valence-corrected chi connectivity index (χ3v) is 3.08. The Kier molecular flexibility index (Phi) is 3.57. The minimum atomic E-state index is -0.637. The van der Waals surface area contributed by atoms with Gasteiger partial charge >= 0.3 is 0 Å². The Hall–Kier alpha value is -1.55. The van der Waals surface area contributed by atoms with Crippen molar-refractivity contribution >= 4 is 21.7 Å². The van der Waals surface area contributed by atoms with Crippen LogP contribution in [0.1, 0.15) is 17.3 Å². The molecule has 0 N–H and O–H groups in total. The maximum absolute atomic E-state index is 13.7. The monoisotopic (exact) mass is 310 g/mol. The largest absolute Gasteiger partial charge is 0.294 e. The highest BCUT2D eigenvalue weighted by Crippen LogP contribution is 2.27. The van der Waals surface area contributed by atoms with Gasteiger partial charge in [0, 0.05) is 10.0 Å². The average Bonchev–Trinajstić information content (AvgIpc) is 2.28. The second kappa shape index (κ2) is 4.98. The number of rotatable bonds is 2. The summed E-state index contributed by atoms with van der Waals surface area (Å²) >= 11 is 3.16. The van der Waals surface area contributed by atoms with Crippen LogP contribution in [0.5, 0.6) is 0 Å². The minimum absolute atomic E-state index is 0.0104. The predicted octanol–water partition coefficient (Wildman–Crippen LogP) is 4.60. The van der Waals surface area contributed by atoms with Crippen LogP contribution >= 0.6 is 15.9 Å². The standard InChI is InChI=1S/C14H9BrF2O/c1-8(18)11-4-2-9(6-13(11)16)12-5-3-10(15)7-14(12)17/h2-7H,1H3. The molecule has 2 aromatic carbocycles. The molecule has 0 atom stereocenters. The molecule has 0 saturated carbocycles. The van der Waals surface area contributed by atoms with Crippen molar-refractivity contribution in [3.8, 4) is 11.1 Å². The molecule has 4 heteroatoms. The Morgan fingerprint density at radius 3 is 2.33 bits per heavy atom. The first kappa shape index (κ1) is 12.9. The van der Waals surface area contributed by atoms with Gasteiger partial charge in [-0.2, -0.15) is 0 Å². The van der Waals surface area contributed by atoms with Crippen molar-refractivity contribution in [3.05, 3.63) is 58.1 Å². The van der Waals surface area contributed by atoms with Crippen molar-refractivity contribution in [2.45, 2.75) is 6.92 Å². The van der Waals surface area contributed by atoms with Crippen molar-refractivity contribution in [2.75, 3.05) is 0 Å². The van der Waals surface area contributed by atoms with Crippen molar-refractivity contribution in [2.24, 2.45) is 0 Å². The molecule has 2 aromatic rings. The molecule has 0 radical (unpaired) electrons. The van der Waals surface area contributed by atoms with E-state index >= 15 is 0 Å². The van der Waals surface area contributed by atoms with Gasteiger partial charge < -0.3 is 0 Å². The van der Waals surface area contributed by atoms with E-state index in [-0.39, 0.29) is 11.3 Å². The molecule has 0 spiro atoms. The maximum Gasteiger partial charge on any atom is 0.162 e. The summed E-state index contributed by atoms with van der Waals surface area (Å²) in [5.41, 5.74) is 0.714. The summed E-state index contributed by atoms with van der Waals surface area (Å²) < 4.78 is 28.0. The van der Waals surface area contributed by atoms with E-state index in [9.17, 15) is 13.6 Å². The quantitative estimate of drug-likeness (QED) is 0.741. The van der Waals surface area contributed by atoms with Crippen molar-refractivity contribution < 1.29 is 13.6 Å². The molecule has 0 aliphatic rings. The van der Waals surface area contributed by atoms with Gasteiger partial charge in [0.05, 0.1) is 5.56 Å². The average molecular weight is 311 g/mol. The van der Waals surface area contributed by atoms with E-state index in [1.54, 1.807) is 12.1 Å². The van der Waals surface area contributed by atoms with Gasteiger partial charge in [-0.3, -0.25) is 4.79 Å². The van der Waals surface area contributed by atoms with Crippen LogP contribution in [-0.4, -0.2) is 5.78 Å². The van der Waals surface area contributed by atoms with Crippen LogP contribution < -0.4 is 0 Å². The van der Waals surface area contributed by atoms with E-state index in [4.69, 9.17) is 0 Å². The maximum atomic E-state index is 13.7. The van der Waals surface area contributed by atoms with Gasteiger partial charge in [-0.25, -0.2) is 8.78 Å². The van der Waals surface area contributed by atoms with Crippen LogP contribution in [0.15, 0.2) is 40.9 Å². The fraction of sp³-hybridized carbons (Fsp3) is 0.0714. The summed E-state index contributed by atoms with van der Waals surface area (Å²) in [6.07, 6.45) is 0. The van der Waals surface area contributed by atoms with Crippen LogP contribution in [0, 0.1) is 11.6 Å². The smallest absolute Gasteiger partial charge is 0.162 e. The lowest BCUT2D eigenvalue weighted by Crippen LogP contribution is -1.97. The third-order valence-electron chi connectivity index (χ3n) is 2.59. The summed E-state index contributed by atoms with van der Waals surface area (Å²) in [6.45, 7) is 1.29. The van der Waals surface area contributed by atoms with Crippen LogP contribution in [0.2, 0.25) is 0 Å². The number of hydrogen-bond donors (Lipinski definition) is 0. The molecule has 0 aliphatic carbocycles. The topological polar surface area (TPSA) is 17.1 Å². The molecule has 0 amide bonds. The van der Waals surface area contributed by atoms with Gasteiger partial charge in [-0.05, 0) is 36.8 Å². The molecule has 92 valence electrons. The SMILES string of the molecule is CC(=O)c1ccc(-c2ccc(Br)cc2F)cc1F. The molecule has 2 rings (SSSR count). The van der Waals surface area contributed by atoms with E-state index in [1.807, 2.05) is 0 Å². The first-order valence-corrected chi connectivity index (χ1v) is 6.04. The second-order valence-corrected chi connectivity index (χ2v) is 4.79. The Morgan fingerprint density at radius 1 is 1.06 bits per heavy atom. The molecule has 0 unspecified atom stereocenters.